The van der Waals surface area contributed by atoms with Gasteiger partial charge in [-0.1, -0.05) is 70.8 Å². The Labute approximate surface area is 267 Å². The van der Waals surface area contributed by atoms with E-state index in [0.717, 1.165) is 22.3 Å². The number of hydrogen-bond acceptors (Lipinski definition) is 8. The Kier molecular flexibility index (Phi) is 10.8. The normalized spacial score (nSPS) is 11.7. The Morgan fingerprint density at radius 3 is 0.652 bits per heavy atom. The van der Waals surface area contributed by atoms with Crippen LogP contribution in [0.2, 0.25) is 0 Å². The van der Waals surface area contributed by atoms with E-state index in [-0.39, 0.29) is 19.6 Å². The van der Waals surface area contributed by atoms with Crippen molar-refractivity contribution >= 4 is 48.1 Å². The zero-order chi connectivity index (χ0) is 34.5. The summed E-state index contributed by atoms with van der Waals surface area (Å²) in [5.74, 6) is 0. The average molecular weight is 701 g/mol. The Morgan fingerprint density at radius 2 is 0.522 bits per heavy atom. The molecule has 4 aromatic rings. The lowest BCUT2D eigenvalue weighted by molar-refractivity contribution is 0.00349. The standard InChI is InChI=1S/2C15H14N2O4S2/c2*1-11-3-7-13(8-4-11)22(18,19)15(17-16)23(20,21)14-9-5-12(2)6-10-14/h2*3-10H,1-2H3. The van der Waals surface area contributed by atoms with E-state index in [2.05, 4.69) is 9.58 Å². The molecule has 0 aliphatic heterocycles. The summed E-state index contributed by atoms with van der Waals surface area (Å²) in [6.07, 6.45) is 0. The highest BCUT2D eigenvalue weighted by Gasteiger charge is 2.45. The van der Waals surface area contributed by atoms with Crippen LogP contribution in [0.5, 0.6) is 0 Å². The van der Waals surface area contributed by atoms with Gasteiger partial charge in [-0.15, -0.1) is 9.58 Å². The summed E-state index contributed by atoms with van der Waals surface area (Å²) in [5, 5.41) is 0. The van der Waals surface area contributed by atoms with Crippen LogP contribution in [-0.2, 0) is 39.3 Å². The molecule has 0 saturated heterocycles. The Hall–Kier alpha value is -4.56. The summed E-state index contributed by atoms with van der Waals surface area (Å²) >= 11 is 0. The van der Waals surface area contributed by atoms with Crippen molar-refractivity contribution in [3.05, 3.63) is 130 Å². The second-order valence-corrected chi connectivity index (χ2v) is 18.0. The minimum atomic E-state index is -4.47. The smallest absolute Gasteiger partial charge is 0.359 e. The largest absolute Gasteiger partial charge is 0.504 e. The number of hydrogen-bond donors (Lipinski definition) is 0. The monoisotopic (exact) mass is 700 g/mol. The molecule has 0 saturated carbocycles. The van der Waals surface area contributed by atoms with Crippen LogP contribution in [0.1, 0.15) is 22.3 Å². The molecule has 12 nitrogen and oxygen atoms in total. The zero-order valence-corrected chi connectivity index (χ0v) is 28.2. The molecule has 0 heterocycles. The van der Waals surface area contributed by atoms with Crippen LogP contribution in [0.15, 0.2) is 117 Å². The van der Waals surface area contributed by atoms with Crippen molar-refractivity contribution in [2.75, 3.05) is 0 Å². The molecule has 0 aromatic heterocycles. The van der Waals surface area contributed by atoms with Gasteiger partial charge in [0.25, 0.3) is 39.3 Å². The van der Waals surface area contributed by atoms with Crippen LogP contribution in [0.25, 0.3) is 11.1 Å². The lowest BCUT2D eigenvalue weighted by atomic mass is 10.2. The van der Waals surface area contributed by atoms with Crippen molar-refractivity contribution in [3.8, 4) is 0 Å². The maximum Gasteiger partial charge on any atom is 0.504 e. The van der Waals surface area contributed by atoms with Crippen molar-refractivity contribution in [3.63, 3.8) is 0 Å². The fraction of sp³-hybridized carbons (Fsp3) is 0.133. The fourth-order valence-electron chi connectivity index (χ4n) is 3.78. The van der Waals surface area contributed by atoms with Gasteiger partial charge in [-0.05, 0) is 76.2 Å². The molecule has 0 atom stereocenters. The summed E-state index contributed by atoms with van der Waals surface area (Å²) in [6, 6.07) is 22.3. The van der Waals surface area contributed by atoms with Crippen LogP contribution in [0.3, 0.4) is 0 Å². The fourth-order valence-corrected chi connectivity index (χ4v) is 10.5. The summed E-state index contributed by atoms with van der Waals surface area (Å²) < 4.78 is 97.3. The molecule has 0 aliphatic rings. The van der Waals surface area contributed by atoms with Crippen molar-refractivity contribution in [2.45, 2.75) is 47.3 Å². The zero-order valence-electron chi connectivity index (χ0n) is 24.9. The highest BCUT2D eigenvalue weighted by atomic mass is 32.3. The van der Waals surface area contributed by atoms with E-state index < -0.39 is 48.1 Å². The summed E-state index contributed by atoms with van der Waals surface area (Å²) in [6.45, 7) is 7.06. The third-order valence-corrected chi connectivity index (χ3v) is 14.8. The molecule has 4 rings (SSSR count). The Bertz CT molecular complexity index is 1980. The summed E-state index contributed by atoms with van der Waals surface area (Å²) in [4.78, 5) is 4.11. The molecule has 16 heteroatoms. The molecular formula is C30H28N4O8S4. The lowest BCUT2D eigenvalue weighted by Gasteiger charge is -2.03. The highest BCUT2D eigenvalue weighted by molar-refractivity contribution is 8.31. The third kappa shape index (κ3) is 7.62. The van der Waals surface area contributed by atoms with Gasteiger partial charge in [-0.2, -0.15) is 0 Å². The van der Waals surface area contributed by atoms with E-state index in [1.807, 2.05) is 0 Å². The third-order valence-electron chi connectivity index (χ3n) is 6.41. The average Bonchev–Trinajstić information content (AvgIpc) is 2.98. The number of benzene rings is 4. The number of nitrogens with zero attached hydrogens (tertiary/aromatic N) is 4. The maximum absolute atomic E-state index is 12.5. The first kappa shape index (κ1) is 35.9. The first-order valence-corrected chi connectivity index (χ1v) is 19.0. The van der Waals surface area contributed by atoms with Gasteiger partial charge < -0.3 is 11.1 Å². The molecule has 0 amide bonds. The van der Waals surface area contributed by atoms with Crippen LogP contribution >= 0.6 is 0 Å². The molecule has 0 fully saturated rings. The first-order chi connectivity index (χ1) is 21.4. The van der Waals surface area contributed by atoms with Gasteiger partial charge in [0.15, 0.2) is 0 Å². The molecule has 0 radical (unpaired) electrons. The minimum Gasteiger partial charge on any atom is -0.359 e. The topological polar surface area (TPSA) is 209 Å². The Balaban J connectivity index is 0.000000250. The molecule has 240 valence electrons. The van der Waals surface area contributed by atoms with Crippen LogP contribution in [0.4, 0.5) is 0 Å². The van der Waals surface area contributed by atoms with Gasteiger partial charge in [0.05, 0.1) is 19.6 Å². The first-order valence-electron chi connectivity index (χ1n) is 13.1. The van der Waals surface area contributed by atoms with Gasteiger partial charge in [0, 0.05) is 0 Å². The molecule has 46 heavy (non-hydrogen) atoms. The van der Waals surface area contributed by atoms with Gasteiger partial charge in [0.1, 0.15) is 0 Å². The minimum absolute atomic E-state index is 0.258. The Morgan fingerprint density at radius 1 is 0.370 bits per heavy atom. The highest BCUT2D eigenvalue weighted by Crippen LogP contribution is 2.22. The lowest BCUT2D eigenvalue weighted by Crippen LogP contribution is -2.26. The quantitative estimate of drug-likeness (QED) is 0.130. The van der Waals surface area contributed by atoms with Crippen LogP contribution < -0.4 is 0 Å². The maximum atomic E-state index is 12.5. The van der Waals surface area contributed by atoms with E-state index in [0.29, 0.717) is 0 Å². The molecule has 0 N–H and O–H groups in total. The van der Waals surface area contributed by atoms with Gasteiger partial charge in [-0.25, -0.2) is 33.7 Å². The predicted octanol–water partition coefficient (Wildman–Crippen LogP) is 4.27. The van der Waals surface area contributed by atoms with E-state index in [1.165, 1.54) is 97.1 Å². The van der Waals surface area contributed by atoms with Crippen LogP contribution in [0, 0.1) is 27.7 Å². The number of rotatable bonds is 4. The molecule has 0 spiro atoms. The molecular weight excluding hydrogens is 673 g/mol. The van der Waals surface area contributed by atoms with Crippen molar-refractivity contribution in [1.82, 2.24) is 0 Å². The second-order valence-electron chi connectivity index (χ2n) is 10.00. The van der Waals surface area contributed by atoms with Crippen molar-refractivity contribution in [2.24, 2.45) is 0 Å². The van der Waals surface area contributed by atoms with Gasteiger partial charge in [-0.3, -0.25) is 0 Å². The van der Waals surface area contributed by atoms with Gasteiger partial charge in [0.2, 0.25) is 0 Å². The number of sulfone groups is 4. The summed E-state index contributed by atoms with van der Waals surface area (Å²) in [7, 11) is -17.9. The van der Waals surface area contributed by atoms with Crippen molar-refractivity contribution < 1.29 is 43.3 Å². The van der Waals surface area contributed by atoms with E-state index in [1.54, 1.807) is 27.7 Å². The second kappa shape index (κ2) is 13.8. The molecule has 4 aromatic carbocycles. The predicted molar refractivity (Wildman–Crippen MR) is 171 cm³/mol. The van der Waals surface area contributed by atoms with Crippen LogP contribution in [-0.4, -0.2) is 52.0 Å². The molecule has 0 bridgehead atoms. The summed E-state index contributed by atoms with van der Waals surface area (Å²) in [5.41, 5.74) is 21.4. The molecule has 0 unspecified atom stereocenters. The van der Waals surface area contributed by atoms with Crippen molar-refractivity contribution in [1.29, 1.82) is 0 Å². The van der Waals surface area contributed by atoms with E-state index in [9.17, 15) is 33.7 Å². The van der Waals surface area contributed by atoms with E-state index >= 15 is 0 Å². The number of aryl methyl sites for hydroxylation is 4. The van der Waals surface area contributed by atoms with Gasteiger partial charge >= 0.3 is 8.75 Å². The SMILES string of the molecule is Cc1ccc(S(=O)(=O)C(=[N+]=[N-])S(=O)(=O)c2ccc(C)cc2)cc1.Cc1ccc(S(=O)(=O)C(=[N+]=[N-])S(=O)(=O)c2ccc(C)cc2)cc1. The van der Waals surface area contributed by atoms with E-state index in [4.69, 9.17) is 11.1 Å². The molecule has 0 aliphatic carbocycles.